The van der Waals surface area contributed by atoms with E-state index in [9.17, 15) is 4.79 Å². The molecule has 2 aromatic rings. The molecule has 0 fully saturated rings. The Morgan fingerprint density at radius 3 is 2.80 bits per heavy atom. The minimum absolute atomic E-state index is 0.195. The fourth-order valence-corrected chi connectivity index (χ4v) is 1.91. The number of para-hydroxylation sites is 1. The van der Waals surface area contributed by atoms with E-state index >= 15 is 0 Å². The van der Waals surface area contributed by atoms with Gasteiger partial charge in [-0.2, -0.15) is 15.0 Å². The van der Waals surface area contributed by atoms with Crippen molar-refractivity contribution >= 4 is 5.97 Å². The van der Waals surface area contributed by atoms with Crippen molar-refractivity contribution in [3.05, 3.63) is 42.2 Å². The molecule has 1 heterocycles. The number of hydrogen-bond acceptors (Lipinski definition) is 4. The first-order valence-corrected chi connectivity index (χ1v) is 6.52. The Hall–Kier alpha value is -2.21. The number of carbonyl (C=O) groups is 1. The molecule has 1 aromatic heterocycles. The van der Waals surface area contributed by atoms with Crippen molar-refractivity contribution in [1.82, 2.24) is 19.9 Å². The van der Waals surface area contributed by atoms with Gasteiger partial charge in [0.25, 0.3) is 0 Å². The normalized spacial score (nSPS) is 10.9. The topological polar surface area (TPSA) is 71.2 Å². The number of nitrogens with zero attached hydrogens (tertiary/aromatic N) is 4. The summed E-state index contributed by atoms with van der Waals surface area (Å²) in [5.74, 6) is -0.756. The Morgan fingerprint density at radius 1 is 1.35 bits per heavy atom. The van der Waals surface area contributed by atoms with Crippen LogP contribution in [0.5, 0.6) is 0 Å². The van der Waals surface area contributed by atoms with Gasteiger partial charge in [0.05, 0.1) is 17.6 Å². The number of aliphatic carboxylic acids is 1. The van der Waals surface area contributed by atoms with Gasteiger partial charge in [-0.25, -0.2) is 0 Å². The summed E-state index contributed by atoms with van der Waals surface area (Å²) in [6.45, 7) is 1.39. The molecule has 106 valence electrons. The number of hydrogen-bond donors (Lipinski definition) is 1. The summed E-state index contributed by atoms with van der Waals surface area (Å²) in [7, 11) is 1.95. The third kappa shape index (κ3) is 4.17. The van der Waals surface area contributed by atoms with Crippen LogP contribution in [0, 0.1) is 0 Å². The van der Waals surface area contributed by atoms with E-state index in [2.05, 4.69) is 10.2 Å². The lowest BCUT2D eigenvalue weighted by Gasteiger charge is -2.13. The van der Waals surface area contributed by atoms with Crippen molar-refractivity contribution in [2.45, 2.75) is 19.4 Å². The van der Waals surface area contributed by atoms with Gasteiger partial charge in [-0.05, 0) is 32.1 Å². The van der Waals surface area contributed by atoms with Crippen molar-refractivity contribution in [2.75, 3.05) is 13.6 Å². The first kappa shape index (κ1) is 14.2. The number of benzene rings is 1. The van der Waals surface area contributed by atoms with Crippen LogP contribution in [0.25, 0.3) is 5.69 Å². The molecule has 20 heavy (non-hydrogen) atoms. The Bertz CT molecular complexity index is 553. The van der Waals surface area contributed by atoms with Gasteiger partial charge in [-0.3, -0.25) is 4.79 Å². The largest absolute Gasteiger partial charge is 0.481 e. The van der Waals surface area contributed by atoms with Gasteiger partial charge in [-0.1, -0.05) is 18.2 Å². The molecular weight excluding hydrogens is 256 g/mol. The molecule has 0 aliphatic rings. The van der Waals surface area contributed by atoms with Crippen LogP contribution >= 0.6 is 0 Å². The predicted molar refractivity (Wildman–Crippen MR) is 74.6 cm³/mol. The quantitative estimate of drug-likeness (QED) is 0.829. The zero-order valence-corrected chi connectivity index (χ0v) is 11.4. The zero-order chi connectivity index (χ0) is 14.4. The van der Waals surface area contributed by atoms with Crippen molar-refractivity contribution in [3.63, 3.8) is 0 Å². The van der Waals surface area contributed by atoms with Crippen LogP contribution in [-0.4, -0.2) is 44.6 Å². The second-order valence-electron chi connectivity index (χ2n) is 4.70. The number of carboxylic acids is 1. The summed E-state index contributed by atoms with van der Waals surface area (Å²) in [6.07, 6.45) is 2.57. The van der Waals surface area contributed by atoms with Crippen molar-refractivity contribution in [1.29, 1.82) is 0 Å². The van der Waals surface area contributed by atoms with Gasteiger partial charge in [-0.15, -0.1) is 0 Å². The first-order valence-electron chi connectivity index (χ1n) is 6.52. The van der Waals surface area contributed by atoms with Crippen LogP contribution in [0.4, 0.5) is 0 Å². The summed E-state index contributed by atoms with van der Waals surface area (Å²) in [5, 5.41) is 17.2. The molecule has 0 saturated carbocycles. The molecule has 1 N–H and O–H groups in total. The van der Waals surface area contributed by atoms with Crippen molar-refractivity contribution in [3.8, 4) is 5.69 Å². The lowest BCUT2D eigenvalue weighted by Crippen LogP contribution is -2.20. The van der Waals surface area contributed by atoms with E-state index in [0.717, 1.165) is 17.9 Å². The van der Waals surface area contributed by atoms with E-state index in [1.807, 2.05) is 42.3 Å². The SMILES string of the molecule is CN(CCCC(=O)O)Cc1cnn(-c2ccccc2)n1. The van der Waals surface area contributed by atoms with E-state index in [1.54, 1.807) is 11.0 Å². The molecule has 6 nitrogen and oxygen atoms in total. The van der Waals surface area contributed by atoms with Crippen LogP contribution in [0.3, 0.4) is 0 Å². The van der Waals surface area contributed by atoms with Gasteiger partial charge in [0.2, 0.25) is 0 Å². The van der Waals surface area contributed by atoms with Gasteiger partial charge in [0, 0.05) is 13.0 Å². The second kappa shape index (κ2) is 6.81. The highest BCUT2D eigenvalue weighted by Gasteiger charge is 2.06. The molecule has 0 bridgehead atoms. The van der Waals surface area contributed by atoms with E-state index in [4.69, 9.17) is 5.11 Å². The lowest BCUT2D eigenvalue weighted by molar-refractivity contribution is -0.137. The molecule has 0 spiro atoms. The highest BCUT2D eigenvalue weighted by molar-refractivity contribution is 5.66. The van der Waals surface area contributed by atoms with Crippen LogP contribution in [0.1, 0.15) is 18.5 Å². The summed E-state index contributed by atoms with van der Waals surface area (Å²) in [6, 6.07) is 9.72. The maximum absolute atomic E-state index is 10.5. The molecule has 1 aromatic carbocycles. The van der Waals surface area contributed by atoms with Gasteiger partial charge >= 0.3 is 5.97 Å². The number of carboxylic acid groups (broad SMARTS) is 1. The van der Waals surface area contributed by atoms with Crippen molar-refractivity contribution < 1.29 is 9.90 Å². The molecule has 0 saturated heterocycles. The molecule has 0 atom stereocenters. The highest BCUT2D eigenvalue weighted by atomic mass is 16.4. The van der Waals surface area contributed by atoms with Crippen LogP contribution in [0.15, 0.2) is 36.5 Å². The van der Waals surface area contributed by atoms with Crippen LogP contribution < -0.4 is 0 Å². The minimum Gasteiger partial charge on any atom is -0.481 e. The van der Waals surface area contributed by atoms with E-state index < -0.39 is 5.97 Å². The van der Waals surface area contributed by atoms with Gasteiger partial charge in [0.1, 0.15) is 0 Å². The third-order valence-corrected chi connectivity index (χ3v) is 2.89. The smallest absolute Gasteiger partial charge is 0.303 e. The Balaban J connectivity index is 1.88. The molecule has 0 radical (unpaired) electrons. The van der Waals surface area contributed by atoms with Crippen molar-refractivity contribution in [2.24, 2.45) is 0 Å². The van der Waals surface area contributed by atoms with E-state index in [0.29, 0.717) is 13.0 Å². The lowest BCUT2D eigenvalue weighted by atomic mass is 10.3. The van der Waals surface area contributed by atoms with E-state index in [1.165, 1.54) is 0 Å². The molecule has 6 heteroatoms. The highest BCUT2D eigenvalue weighted by Crippen LogP contribution is 2.06. The monoisotopic (exact) mass is 274 g/mol. The number of aromatic nitrogens is 3. The fourth-order valence-electron chi connectivity index (χ4n) is 1.91. The van der Waals surface area contributed by atoms with Crippen LogP contribution in [0.2, 0.25) is 0 Å². The fraction of sp³-hybridized carbons (Fsp3) is 0.357. The van der Waals surface area contributed by atoms with E-state index in [-0.39, 0.29) is 6.42 Å². The summed E-state index contributed by atoms with van der Waals surface area (Å²) in [4.78, 5) is 14.1. The maximum atomic E-state index is 10.5. The molecule has 0 amide bonds. The molecule has 0 aliphatic heterocycles. The Labute approximate surface area is 117 Å². The average Bonchev–Trinajstić information content (AvgIpc) is 2.88. The number of rotatable bonds is 7. The standard InChI is InChI=1S/C14H18N4O2/c1-17(9-5-8-14(19)20)11-12-10-15-18(16-12)13-6-3-2-4-7-13/h2-4,6-7,10H,5,8-9,11H2,1H3,(H,19,20). The zero-order valence-electron chi connectivity index (χ0n) is 11.4. The summed E-state index contributed by atoms with van der Waals surface area (Å²) >= 11 is 0. The Morgan fingerprint density at radius 2 is 2.10 bits per heavy atom. The third-order valence-electron chi connectivity index (χ3n) is 2.89. The average molecular weight is 274 g/mol. The summed E-state index contributed by atoms with van der Waals surface area (Å²) < 4.78 is 0. The second-order valence-corrected chi connectivity index (χ2v) is 4.70. The first-order chi connectivity index (χ1) is 9.65. The Kier molecular flexibility index (Phi) is 4.84. The molecular formula is C14H18N4O2. The molecule has 0 aliphatic carbocycles. The minimum atomic E-state index is -0.756. The van der Waals surface area contributed by atoms with Gasteiger partial charge < -0.3 is 10.0 Å². The van der Waals surface area contributed by atoms with Gasteiger partial charge in [0.15, 0.2) is 0 Å². The maximum Gasteiger partial charge on any atom is 0.303 e. The summed E-state index contributed by atoms with van der Waals surface area (Å²) in [5.41, 5.74) is 1.79. The molecule has 0 unspecified atom stereocenters. The molecule has 2 rings (SSSR count). The predicted octanol–water partition coefficient (Wildman–Crippen LogP) is 1.56. The van der Waals surface area contributed by atoms with Crippen LogP contribution in [-0.2, 0) is 11.3 Å².